The first kappa shape index (κ1) is 23.0. The number of aliphatic hydroxyl groups is 1. The van der Waals surface area contributed by atoms with Crippen LogP contribution in [0.1, 0.15) is 76.8 Å². The van der Waals surface area contributed by atoms with Gasteiger partial charge in [-0.3, -0.25) is 14.2 Å². The zero-order valence-corrected chi connectivity index (χ0v) is 20.9. The maximum Gasteiger partial charge on any atom is 0.157 e. The number of ketones is 1. The predicted molar refractivity (Wildman–Crippen MR) is 130 cm³/mol. The van der Waals surface area contributed by atoms with Crippen LogP contribution in [0.3, 0.4) is 0 Å². The van der Waals surface area contributed by atoms with E-state index in [1.165, 1.54) is 25.5 Å². The summed E-state index contributed by atoms with van der Waals surface area (Å²) in [5.41, 5.74) is -0.0717. The van der Waals surface area contributed by atoms with Gasteiger partial charge >= 0.3 is 0 Å². The normalized spacial score (nSPS) is 42.5. The number of aromatic nitrogens is 4. The van der Waals surface area contributed by atoms with Crippen molar-refractivity contribution in [2.24, 2.45) is 40.9 Å². The molecule has 2 heterocycles. The van der Waals surface area contributed by atoms with Gasteiger partial charge in [-0.2, -0.15) is 15.5 Å². The molecule has 0 aromatic carbocycles. The van der Waals surface area contributed by atoms with Gasteiger partial charge in [0.1, 0.15) is 6.07 Å². The van der Waals surface area contributed by atoms with E-state index in [0.29, 0.717) is 35.2 Å². The van der Waals surface area contributed by atoms with E-state index in [1.807, 2.05) is 19.2 Å². The van der Waals surface area contributed by atoms with E-state index in [4.69, 9.17) is 5.26 Å². The highest BCUT2D eigenvalue weighted by Crippen LogP contribution is 2.65. The Kier molecular flexibility index (Phi) is 5.45. The minimum absolute atomic E-state index is 0.0532. The lowest BCUT2D eigenvalue weighted by Gasteiger charge is -2.58. The highest BCUT2D eigenvalue weighted by molar-refractivity contribution is 5.82. The maximum atomic E-state index is 13.5. The summed E-state index contributed by atoms with van der Waals surface area (Å²) >= 11 is 0. The molecule has 0 bridgehead atoms. The van der Waals surface area contributed by atoms with Crippen LogP contribution in [0, 0.1) is 52.3 Å². The van der Waals surface area contributed by atoms with Gasteiger partial charge in [-0.1, -0.05) is 6.92 Å². The van der Waals surface area contributed by atoms with Crippen LogP contribution in [0.5, 0.6) is 0 Å². The van der Waals surface area contributed by atoms with Crippen LogP contribution < -0.4 is 0 Å². The highest BCUT2D eigenvalue weighted by Gasteiger charge is 2.60. The highest BCUT2D eigenvalue weighted by atomic mass is 16.3. The molecule has 6 rings (SSSR count). The second kappa shape index (κ2) is 8.30. The fraction of sp³-hybridized carbons (Fsp3) is 0.714. The molecule has 4 aliphatic carbocycles. The zero-order chi connectivity index (χ0) is 24.4. The quantitative estimate of drug-likeness (QED) is 0.707. The summed E-state index contributed by atoms with van der Waals surface area (Å²) in [7, 11) is 0. The van der Waals surface area contributed by atoms with Crippen molar-refractivity contribution in [3.63, 3.8) is 0 Å². The van der Waals surface area contributed by atoms with E-state index in [9.17, 15) is 9.90 Å². The largest absolute Gasteiger partial charge is 0.390 e. The Bertz CT molecular complexity index is 1130. The molecule has 4 saturated carbocycles. The molecule has 7 heteroatoms. The third kappa shape index (κ3) is 3.76. The van der Waals surface area contributed by atoms with Gasteiger partial charge in [-0.05, 0) is 99.4 Å². The molecule has 1 unspecified atom stereocenters. The van der Waals surface area contributed by atoms with E-state index >= 15 is 0 Å². The summed E-state index contributed by atoms with van der Waals surface area (Å²) in [4.78, 5) is 13.5. The summed E-state index contributed by atoms with van der Waals surface area (Å²) < 4.78 is 3.76. The van der Waals surface area contributed by atoms with Gasteiger partial charge in [0.2, 0.25) is 0 Å². The molecule has 9 atom stereocenters. The second-order valence-electron chi connectivity index (χ2n) is 12.5. The average molecular weight is 476 g/mol. The van der Waals surface area contributed by atoms with Crippen molar-refractivity contribution < 1.29 is 9.90 Å². The predicted octanol–water partition coefficient (Wildman–Crippen LogP) is 4.39. The number of hydrogen-bond acceptors (Lipinski definition) is 5. The summed E-state index contributed by atoms with van der Waals surface area (Å²) in [5.74, 6) is 3.35. The van der Waals surface area contributed by atoms with Crippen molar-refractivity contribution in [3.8, 4) is 6.07 Å². The van der Waals surface area contributed by atoms with Crippen molar-refractivity contribution >= 4 is 5.78 Å². The average Bonchev–Trinajstić information content (AvgIpc) is 3.57. The number of carbonyl (C=O) groups excluding carboxylic acids is 1. The van der Waals surface area contributed by atoms with Gasteiger partial charge in [-0.15, -0.1) is 0 Å². The van der Waals surface area contributed by atoms with E-state index in [1.54, 1.807) is 10.9 Å². The number of nitriles is 1. The maximum absolute atomic E-state index is 13.5. The SMILES string of the molecule is C[C@@]1(O)CC(n2cccn2)[C@H]2[C@H](CC[C@@H]3[C@@H]2CC[C@]2(C)[C@@H](C(=O)Cn4cc(C#N)cn4)CC[C@@H]32)C1. The minimum Gasteiger partial charge on any atom is -0.390 e. The van der Waals surface area contributed by atoms with Crippen LogP contribution in [0.4, 0.5) is 0 Å². The van der Waals surface area contributed by atoms with Crippen molar-refractivity contribution in [2.75, 3.05) is 0 Å². The fourth-order valence-corrected chi connectivity index (χ4v) is 9.28. The van der Waals surface area contributed by atoms with Crippen molar-refractivity contribution in [1.82, 2.24) is 19.6 Å². The third-order valence-electron chi connectivity index (χ3n) is 10.5. The topological polar surface area (TPSA) is 96.7 Å². The molecule has 0 spiro atoms. The number of Topliss-reactive ketones (excluding diaryl/α,β-unsaturated/α-hetero) is 1. The van der Waals surface area contributed by atoms with Crippen LogP contribution in [0.2, 0.25) is 0 Å². The summed E-state index contributed by atoms with van der Waals surface area (Å²) in [6.45, 7) is 4.66. The first-order valence-corrected chi connectivity index (χ1v) is 13.5. The molecule has 0 amide bonds. The first-order chi connectivity index (χ1) is 16.8. The Morgan fingerprint density at radius 1 is 1.17 bits per heavy atom. The Morgan fingerprint density at radius 3 is 2.77 bits per heavy atom. The van der Waals surface area contributed by atoms with E-state index in [-0.39, 0.29) is 29.7 Å². The Labute approximate surface area is 207 Å². The molecule has 0 radical (unpaired) electrons. The Balaban J connectivity index is 1.24. The number of carbonyl (C=O) groups is 1. The Morgan fingerprint density at radius 2 is 2.03 bits per heavy atom. The van der Waals surface area contributed by atoms with Gasteiger partial charge in [0.05, 0.1) is 29.9 Å². The molecule has 186 valence electrons. The summed E-state index contributed by atoms with van der Waals surface area (Å²) in [6, 6.07) is 4.36. The second-order valence-corrected chi connectivity index (χ2v) is 12.5. The monoisotopic (exact) mass is 475 g/mol. The zero-order valence-electron chi connectivity index (χ0n) is 20.9. The molecular formula is C28H37N5O2. The van der Waals surface area contributed by atoms with Gasteiger partial charge < -0.3 is 5.11 Å². The van der Waals surface area contributed by atoms with E-state index in [0.717, 1.165) is 32.1 Å². The standard InChI is InChI=1S/C28H37N5O2/c1-27(35)12-19-4-5-20-21(26(19)24(13-27)33-11-3-10-30-33)8-9-28(2)22(20)6-7-23(28)25(34)17-32-16-18(14-29)15-31-32/h3,10-11,15-16,19-24,26,35H,4-9,12-13,17H2,1-2H3/t19-,20-,21+,22+,23-,24?,26+,27+,28+/m1/s1. The molecule has 4 fully saturated rings. The van der Waals surface area contributed by atoms with Crippen LogP contribution in [-0.2, 0) is 11.3 Å². The van der Waals surface area contributed by atoms with Gasteiger partial charge in [0, 0.05) is 24.5 Å². The van der Waals surface area contributed by atoms with Crippen LogP contribution in [0.15, 0.2) is 30.9 Å². The molecular weight excluding hydrogens is 438 g/mol. The number of nitrogens with zero attached hydrogens (tertiary/aromatic N) is 5. The lowest BCUT2D eigenvalue weighted by molar-refractivity contribution is -0.137. The molecule has 2 aromatic heterocycles. The first-order valence-electron chi connectivity index (χ1n) is 13.5. The van der Waals surface area contributed by atoms with Crippen molar-refractivity contribution in [2.45, 2.75) is 83.4 Å². The molecule has 35 heavy (non-hydrogen) atoms. The number of fused-ring (bicyclic) bond motifs is 5. The van der Waals surface area contributed by atoms with Crippen LogP contribution >= 0.6 is 0 Å². The summed E-state index contributed by atoms with van der Waals surface area (Å²) in [5, 5.41) is 29.0. The van der Waals surface area contributed by atoms with Gasteiger partial charge in [-0.25, -0.2) is 0 Å². The van der Waals surface area contributed by atoms with E-state index < -0.39 is 5.60 Å². The van der Waals surface area contributed by atoms with E-state index in [2.05, 4.69) is 34.1 Å². The van der Waals surface area contributed by atoms with Crippen molar-refractivity contribution in [3.05, 3.63) is 36.4 Å². The van der Waals surface area contributed by atoms with Gasteiger partial charge in [0.25, 0.3) is 0 Å². The minimum atomic E-state index is -0.628. The van der Waals surface area contributed by atoms with Crippen molar-refractivity contribution in [1.29, 1.82) is 5.26 Å². The van der Waals surface area contributed by atoms with Gasteiger partial charge in [0.15, 0.2) is 5.78 Å². The molecule has 2 aromatic rings. The smallest absolute Gasteiger partial charge is 0.157 e. The number of rotatable bonds is 4. The van der Waals surface area contributed by atoms with Crippen LogP contribution in [-0.4, -0.2) is 36.1 Å². The molecule has 1 N–H and O–H groups in total. The fourth-order valence-electron chi connectivity index (χ4n) is 9.28. The number of hydrogen-bond donors (Lipinski definition) is 1. The molecule has 4 aliphatic rings. The van der Waals surface area contributed by atoms with Crippen LogP contribution in [0.25, 0.3) is 0 Å². The molecule has 0 saturated heterocycles. The molecule has 0 aliphatic heterocycles. The Hall–Kier alpha value is -2.46. The third-order valence-corrected chi connectivity index (χ3v) is 10.5. The lowest BCUT2D eigenvalue weighted by Crippen LogP contribution is -2.54. The lowest BCUT2D eigenvalue weighted by atomic mass is 9.48. The summed E-state index contributed by atoms with van der Waals surface area (Å²) in [6.07, 6.45) is 15.6. The molecule has 7 nitrogen and oxygen atoms in total.